The molecule has 0 unspecified atom stereocenters. The maximum absolute atomic E-state index is 11.8. The molecule has 0 saturated carbocycles. The molecule has 9 heteroatoms. The molecular formula is C19H19N5O3S. The Morgan fingerprint density at radius 1 is 1.21 bits per heavy atom. The summed E-state index contributed by atoms with van der Waals surface area (Å²) in [6, 6.07) is 15.3. The first-order valence-corrected chi connectivity index (χ1v) is 9.20. The number of anilines is 1. The standard InChI is InChI=1S/C19H19N5O3S/c1-26-16-9-14(7-8-15(16)27-12-13-5-3-2-4-6-13)11-21-22-17(25)10-18-23-24-19(20)28-18/h2-9,11H,10,12H2,1H3,(H2,20,24)(H,22,25)/b21-11-. The van der Waals surface area contributed by atoms with Gasteiger partial charge < -0.3 is 15.2 Å². The van der Waals surface area contributed by atoms with E-state index in [9.17, 15) is 4.79 Å². The number of rotatable bonds is 8. The number of hydrogen-bond donors (Lipinski definition) is 2. The topological polar surface area (TPSA) is 112 Å². The fourth-order valence-corrected chi connectivity index (χ4v) is 2.92. The van der Waals surface area contributed by atoms with E-state index in [1.807, 2.05) is 36.4 Å². The van der Waals surface area contributed by atoms with E-state index in [2.05, 4.69) is 20.7 Å². The van der Waals surface area contributed by atoms with Crippen LogP contribution in [0.1, 0.15) is 16.1 Å². The van der Waals surface area contributed by atoms with Crippen LogP contribution >= 0.6 is 11.3 Å². The van der Waals surface area contributed by atoms with E-state index in [1.165, 1.54) is 17.6 Å². The van der Waals surface area contributed by atoms with Crippen LogP contribution in [0.5, 0.6) is 11.5 Å². The summed E-state index contributed by atoms with van der Waals surface area (Å²) in [4.78, 5) is 11.8. The van der Waals surface area contributed by atoms with Crippen molar-refractivity contribution in [2.24, 2.45) is 5.10 Å². The van der Waals surface area contributed by atoms with Gasteiger partial charge in [0, 0.05) is 0 Å². The molecule has 28 heavy (non-hydrogen) atoms. The SMILES string of the molecule is COc1cc(/C=N\NC(=O)Cc2nnc(N)s2)ccc1OCc1ccccc1. The van der Waals surface area contributed by atoms with Crippen LogP contribution in [0.3, 0.4) is 0 Å². The van der Waals surface area contributed by atoms with Gasteiger partial charge in [-0.15, -0.1) is 10.2 Å². The Morgan fingerprint density at radius 2 is 2.04 bits per heavy atom. The monoisotopic (exact) mass is 397 g/mol. The molecule has 0 atom stereocenters. The van der Waals surface area contributed by atoms with E-state index in [0.29, 0.717) is 28.2 Å². The highest BCUT2D eigenvalue weighted by Crippen LogP contribution is 2.28. The average molecular weight is 397 g/mol. The van der Waals surface area contributed by atoms with E-state index < -0.39 is 0 Å². The summed E-state index contributed by atoms with van der Waals surface area (Å²) in [5.41, 5.74) is 9.75. The molecule has 0 radical (unpaired) electrons. The summed E-state index contributed by atoms with van der Waals surface area (Å²) >= 11 is 1.17. The number of nitrogens with one attached hydrogen (secondary N) is 1. The molecule has 0 aliphatic rings. The first-order valence-electron chi connectivity index (χ1n) is 8.38. The minimum atomic E-state index is -0.304. The highest BCUT2D eigenvalue weighted by Gasteiger charge is 2.08. The molecule has 144 valence electrons. The predicted octanol–water partition coefficient (Wildman–Crippen LogP) is 2.40. The number of carbonyl (C=O) groups is 1. The number of methoxy groups -OCH3 is 1. The molecule has 0 aliphatic carbocycles. The third kappa shape index (κ3) is 5.52. The van der Waals surface area contributed by atoms with Crippen LogP contribution in [0.15, 0.2) is 53.6 Å². The molecule has 0 spiro atoms. The number of nitrogens with zero attached hydrogens (tertiary/aromatic N) is 3. The van der Waals surface area contributed by atoms with E-state index in [4.69, 9.17) is 15.2 Å². The number of aromatic nitrogens is 2. The zero-order chi connectivity index (χ0) is 19.8. The van der Waals surface area contributed by atoms with Gasteiger partial charge in [0.05, 0.1) is 19.7 Å². The molecule has 1 amide bonds. The Labute approximate surface area is 166 Å². The lowest BCUT2D eigenvalue weighted by Gasteiger charge is -2.11. The first-order chi connectivity index (χ1) is 13.6. The van der Waals surface area contributed by atoms with Gasteiger partial charge in [0.25, 0.3) is 0 Å². The molecule has 8 nitrogen and oxygen atoms in total. The normalized spacial score (nSPS) is 10.8. The Bertz CT molecular complexity index is 959. The fraction of sp³-hybridized carbons (Fsp3) is 0.158. The lowest BCUT2D eigenvalue weighted by molar-refractivity contribution is -0.120. The molecule has 3 rings (SSSR count). The van der Waals surface area contributed by atoms with Crippen molar-refractivity contribution >= 4 is 28.6 Å². The largest absolute Gasteiger partial charge is 0.493 e. The quantitative estimate of drug-likeness (QED) is 0.446. The first kappa shape index (κ1) is 19.3. The van der Waals surface area contributed by atoms with Crippen LogP contribution < -0.4 is 20.6 Å². The highest BCUT2D eigenvalue weighted by atomic mass is 32.1. The Kier molecular flexibility index (Phi) is 6.53. The van der Waals surface area contributed by atoms with Gasteiger partial charge in [-0.1, -0.05) is 41.7 Å². The molecule has 0 bridgehead atoms. The number of nitrogen functional groups attached to an aromatic ring is 1. The van der Waals surface area contributed by atoms with Crippen LogP contribution in [0, 0.1) is 0 Å². The number of hydrazone groups is 1. The van der Waals surface area contributed by atoms with Crippen LogP contribution in [0.4, 0.5) is 5.13 Å². The van der Waals surface area contributed by atoms with Gasteiger partial charge >= 0.3 is 0 Å². The summed E-state index contributed by atoms with van der Waals surface area (Å²) in [6.07, 6.45) is 1.59. The minimum absolute atomic E-state index is 0.0712. The molecule has 1 heterocycles. The van der Waals surface area contributed by atoms with Gasteiger partial charge in [-0.2, -0.15) is 5.10 Å². The van der Waals surface area contributed by atoms with Crippen molar-refractivity contribution in [3.63, 3.8) is 0 Å². The summed E-state index contributed by atoms with van der Waals surface area (Å²) in [5, 5.41) is 12.3. The predicted molar refractivity (Wildman–Crippen MR) is 108 cm³/mol. The number of carbonyl (C=O) groups excluding carboxylic acids is 1. The molecule has 0 saturated heterocycles. The van der Waals surface area contributed by atoms with Crippen molar-refractivity contribution < 1.29 is 14.3 Å². The molecule has 2 aromatic carbocycles. The molecule has 1 aromatic heterocycles. The van der Waals surface area contributed by atoms with Crippen LogP contribution in [0.25, 0.3) is 0 Å². The average Bonchev–Trinajstić information content (AvgIpc) is 3.12. The van der Waals surface area contributed by atoms with Gasteiger partial charge in [-0.3, -0.25) is 4.79 Å². The van der Waals surface area contributed by atoms with E-state index in [0.717, 1.165) is 11.1 Å². The number of amides is 1. The van der Waals surface area contributed by atoms with Gasteiger partial charge in [-0.25, -0.2) is 5.43 Å². The number of hydrogen-bond acceptors (Lipinski definition) is 8. The van der Waals surface area contributed by atoms with Crippen molar-refractivity contribution in [1.29, 1.82) is 0 Å². The molecule has 0 fully saturated rings. The van der Waals surface area contributed by atoms with Gasteiger partial charge in [-0.05, 0) is 29.3 Å². The van der Waals surface area contributed by atoms with E-state index in [-0.39, 0.29) is 12.3 Å². The maximum Gasteiger partial charge on any atom is 0.247 e. The molecular weight excluding hydrogens is 378 g/mol. The summed E-state index contributed by atoms with van der Waals surface area (Å²) in [5.74, 6) is 0.902. The number of benzene rings is 2. The third-order valence-corrected chi connectivity index (χ3v) is 4.37. The van der Waals surface area contributed by atoms with E-state index in [1.54, 1.807) is 19.2 Å². The zero-order valence-corrected chi connectivity index (χ0v) is 16.0. The fourth-order valence-electron chi connectivity index (χ4n) is 2.31. The molecule has 3 N–H and O–H groups in total. The van der Waals surface area contributed by atoms with E-state index >= 15 is 0 Å². The Morgan fingerprint density at radius 3 is 2.75 bits per heavy atom. The Hall–Kier alpha value is -3.46. The van der Waals surface area contributed by atoms with Gasteiger partial charge in [0.1, 0.15) is 11.6 Å². The lowest BCUT2D eigenvalue weighted by atomic mass is 10.2. The number of ether oxygens (including phenoxy) is 2. The van der Waals surface area contributed by atoms with Gasteiger partial charge in [0.2, 0.25) is 11.0 Å². The van der Waals surface area contributed by atoms with Crippen molar-refractivity contribution in [1.82, 2.24) is 15.6 Å². The highest BCUT2D eigenvalue weighted by molar-refractivity contribution is 7.15. The van der Waals surface area contributed by atoms with Crippen LogP contribution in [-0.2, 0) is 17.8 Å². The second kappa shape index (κ2) is 9.47. The summed E-state index contributed by atoms with van der Waals surface area (Å²) in [6.45, 7) is 0.441. The second-order valence-corrected chi connectivity index (χ2v) is 6.78. The van der Waals surface area contributed by atoms with Crippen LogP contribution in [-0.4, -0.2) is 29.4 Å². The van der Waals surface area contributed by atoms with Crippen LogP contribution in [0.2, 0.25) is 0 Å². The summed E-state index contributed by atoms with van der Waals surface area (Å²) < 4.78 is 11.2. The van der Waals surface area contributed by atoms with Crippen molar-refractivity contribution in [2.75, 3.05) is 12.8 Å². The minimum Gasteiger partial charge on any atom is -0.493 e. The third-order valence-electron chi connectivity index (χ3n) is 3.62. The Balaban J connectivity index is 1.56. The molecule has 0 aliphatic heterocycles. The molecule has 3 aromatic rings. The smallest absolute Gasteiger partial charge is 0.247 e. The van der Waals surface area contributed by atoms with Crippen molar-refractivity contribution in [3.8, 4) is 11.5 Å². The van der Waals surface area contributed by atoms with Crippen molar-refractivity contribution in [2.45, 2.75) is 13.0 Å². The van der Waals surface area contributed by atoms with Gasteiger partial charge in [0.15, 0.2) is 11.5 Å². The summed E-state index contributed by atoms with van der Waals surface area (Å²) in [7, 11) is 1.57. The maximum atomic E-state index is 11.8. The van der Waals surface area contributed by atoms with Crippen molar-refractivity contribution in [3.05, 3.63) is 64.7 Å². The lowest BCUT2D eigenvalue weighted by Crippen LogP contribution is -2.19. The second-order valence-electron chi connectivity index (χ2n) is 5.69. The number of nitrogens with two attached hydrogens (primary N) is 1. The zero-order valence-electron chi connectivity index (χ0n) is 15.2.